The molecule has 0 aliphatic heterocycles. The molecule has 0 unspecified atom stereocenters. The summed E-state index contributed by atoms with van der Waals surface area (Å²) in [6, 6.07) is 4.28. The van der Waals surface area contributed by atoms with Gasteiger partial charge in [0.15, 0.2) is 4.77 Å². The molecular weight excluding hydrogens is 200 g/mol. The number of imidazole rings is 1. The molecule has 0 aromatic carbocycles. The Kier molecular flexibility index (Phi) is 2.33. The van der Waals surface area contributed by atoms with Crippen molar-refractivity contribution in [3.63, 3.8) is 0 Å². The Hall–Kier alpha value is -0.870. The quantitative estimate of drug-likeness (QED) is 0.732. The van der Waals surface area contributed by atoms with Crippen LogP contribution in [0, 0.1) is 4.77 Å². The fraction of sp³-hybridized carbons (Fsp3) is 0.222. The van der Waals surface area contributed by atoms with E-state index in [-0.39, 0.29) is 0 Å². The van der Waals surface area contributed by atoms with Gasteiger partial charge in [0.1, 0.15) is 0 Å². The molecule has 0 fully saturated rings. The lowest BCUT2D eigenvalue weighted by molar-refractivity contribution is 1.19. The van der Waals surface area contributed by atoms with Crippen LogP contribution in [0.25, 0.3) is 10.6 Å². The summed E-state index contributed by atoms with van der Waals surface area (Å²) >= 11 is 6.76. The number of hydrogen-bond acceptors (Lipinski definition) is 2. The highest BCUT2D eigenvalue weighted by Gasteiger charge is 2.02. The average molecular weight is 210 g/mol. The molecule has 0 saturated heterocycles. The molecule has 2 N–H and O–H groups in total. The van der Waals surface area contributed by atoms with E-state index < -0.39 is 0 Å². The van der Waals surface area contributed by atoms with Crippen LogP contribution in [0.3, 0.4) is 0 Å². The van der Waals surface area contributed by atoms with Crippen LogP contribution in [-0.2, 0) is 6.42 Å². The van der Waals surface area contributed by atoms with Gasteiger partial charge >= 0.3 is 0 Å². The highest BCUT2D eigenvalue weighted by atomic mass is 32.1. The predicted molar refractivity (Wildman–Crippen MR) is 58.7 cm³/mol. The molecule has 2 aromatic heterocycles. The molecule has 2 aromatic rings. The zero-order chi connectivity index (χ0) is 9.26. The second kappa shape index (κ2) is 3.47. The number of aromatic amines is 2. The Morgan fingerprint density at radius 1 is 1.46 bits per heavy atom. The molecule has 0 spiro atoms. The highest BCUT2D eigenvalue weighted by molar-refractivity contribution is 7.71. The fourth-order valence-corrected chi connectivity index (χ4v) is 2.27. The summed E-state index contributed by atoms with van der Waals surface area (Å²) in [4.78, 5) is 8.70. The van der Waals surface area contributed by atoms with Crippen molar-refractivity contribution in [3.8, 4) is 10.6 Å². The maximum absolute atomic E-state index is 4.96. The summed E-state index contributed by atoms with van der Waals surface area (Å²) in [5.41, 5.74) is 1.08. The van der Waals surface area contributed by atoms with Crippen LogP contribution in [-0.4, -0.2) is 9.97 Å². The normalized spacial score (nSPS) is 10.5. The molecule has 2 nitrogen and oxygen atoms in total. The predicted octanol–water partition coefficient (Wildman–Crippen LogP) is 3.36. The average Bonchev–Trinajstić information content (AvgIpc) is 2.71. The van der Waals surface area contributed by atoms with Gasteiger partial charge in [-0.2, -0.15) is 0 Å². The first kappa shape index (κ1) is 8.72. The van der Waals surface area contributed by atoms with Crippen molar-refractivity contribution in [2.45, 2.75) is 13.3 Å². The van der Waals surface area contributed by atoms with Crippen LogP contribution in [0.2, 0.25) is 0 Å². The lowest BCUT2D eigenvalue weighted by Gasteiger charge is -1.88. The van der Waals surface area contributed by atoms with Crippen molar-refractivity contribution in [3.05, 3.63) is 28.0 Å². The molecule has 2 heterocycles. The number of H-pyrrole nitrogens is 2. The van der Waals surface area contributed by atoms with E-state index in [4.69, 9.17) is 12.2 Å². The molecule has 0 aliphatic carbocycles. The standard InChI is InChI=1S/C9H10N2S2/c1-2-6-3-4-8(13-6)7-5-10-9(12)11-7/h3-5H,2H2,1H3,(H2,10,11,12). The molecule has 0 radical (unpaired) electrons. The van der Waals surface area contributed by atoms with E-state index in [0.717, 1.165) is 12.1 Å². The minimum atomic E-state index is 0.682. The van der Waals surface area contributed by atoms with E-state index >= 15 is 0 Å². The summed E-state index contributed by atoms with van der Waals surface area (Å²) in [6.07, 6.45) is 3.00. The van der Waals surface area contributed by atoms with Gasteiger partial charge in [0.25, 0.3) is 0 Å². The van der Waals surface area contributed by atoms with Gasteiger partial charge in [-0.15, -0.1) is 11.3 Å². The Morgan fingerprint density at radius 3 is 2.85 bits per heavy atom. The number of hydrogen-bond donors (Lipinski definition) is 2. The second-order valence-electron chi connectivity index (χ2n) is 2.78. The first-order chi connectivity index (χ1) is 6.29. The fourth-order valence-electron chi connectivity index (χ4n) is 1.18. The summed E-state index contributed by atoms with van der Waals surface area (Å²) in [7, 11) is 0. The molecule has 0 bridgehead atoms. The number of rotatable bonds is 2. The Balaban J connectivity index is 2.40. The monoisotopic (exact) mass is 210 g/mol. The van der Waals surface area contributed by atoms with Gasteiger partial charge in [-0.1, -0.05) is 6.92 Å². The summed E-state index contributed by atoms with van der Waals surface area (Å²) in [6.45, 7) is 2.16. The van der Waals surface area contributed by atoms with Crippen LogP contribution < -0.4 is 0 Å². The summed E-state index contributed by atoms with van der Waals surface area (Å²) in [5, 5.41) is 0. The van der Waals surface area contributed by atoms with Crippen molar-refractivity contribution >= 4 is 23.6 Å². The Labute approximate surface area is 85.6 Å². The van der Waals surface area contributed by atoms with E-state index in [0.29, 0.717) is 4.77 Å². The largest absolute Gasteiger partial charge is 0.337 e. The smallest absolute Gasteiger partial charge is 0.174 e. The van der Waals surface area contributed by atoms with E-state index in [1.807, 2.05) is 6.20 Å². The number of aryl methyl sites for hydroxylation is 1. The molecule has 2 rings (SSSR count). The third-order valence-electron chi connectivity index (χ3n) is 1.87. The van der Waals surface area contributed by atoms with Crippen molar-refractivity contribution < 1.29 is 0 Å². The van der Waals surface area contributed by atoms with Crippen molar-refractivity contribution in [2.24, 2.45) is 0 Å². The SMILES string of the molecule is CCc1ccc(-c2c[nH]c(=S)[nH]2)s1. The van der Waals surface area contributed by atoms with Crippen molar-refractivity contribution in [1.82, 2.24) is 9.97 Å². The molecule has 0 amide bonds. The first-order valence-corrected chi connectivity index (χ1v) is 5.39. The lowest BCUT2D eigenvalue weighted by atomic mass is 10.3. The minimum Gasteiger partial charge on any atom is -0.337 e. The van der Waals surface area contributed by atoms with E-state index in [1.165, 1.54) is 9.75 Å². The Morgan fingerprint density at radius 2 is 2.31 bits per heavy atom. The van der Waals surface area contributed by atoms with Crippen LogP contribution in [0.1, 0.15) is 11.8 Å². The topological polar surface area (TPSA) is 31.6 Å². The van der Waals surface area contributed by atoms with Gasteiger partial charge in [-0.05, 0) is 30.8 Å². The molecule has 13 heavy (non-hydrogen) atoms. The number of aromatic nitrogens is 2. The molecule has 0 aliphatic rings. The highest BCUT2D eigenvalue weighted by Crippen LogP contribution is 2.26. The van der Waals surface area contributed by atoms with Gasteiger partial charge in [0, 0.05) is 11.1 Å². The summed E-state index contributed by atoms with van der Waals surface area (Å²) < 4.78 is 0.682. The molecule has 68 valence electrons. The lowest BCUT2D eigenvalue weighted by Crippen LogP contribution is -1.68. The van der Waals surface area contributed by atoms with Gasteiger partial charge < -0.3 is 9.97 Å². The maximum Gasteiger partial charge on any atom is 0.174 e. The van der Waals surface area contributed by atoms with E-state index in [1.54, 1.807) is 11.3 Å². The van der Waals surface area contributed by atoms with Gasteiger partial charge in [-0.3, -0.25) is 0 Å². The molecule has 0 atom stereocenters. The van der Waals surface area contributed by atoms with Crippen molar-refractivity contribution in [1.29, 1.82) is 0 Å². The first-order valence-electron chi connectivity index (χ1n) is 4.16. The summed E-state index contributed by atoms with van der Waals surface area (Å²) in [5.74, 6) is 0. The zero-order valence-corrected chi connectivity index (χ0v) is 8.89. The molecule has 0 saturated carbocycles. The maximum atomic E-state index is 4.96. The second-order valence-corrected chi connectivity index (χ2v) is 4.35. The molecular formula is C9H10N2S2. The van der Waals surface area contributed by atoms with Crippen LogP contribution in [0.4, 0.5) is 0 Å². The molecule has 4 heteroatoms. The van der Waals surface area contributed by atoms with Crippen LogP contribution >= 0.6 is 23.6 Å². The van der Waals surface area contributed by atoms with E-state index in [9.17, 15) is 0 Å². The van der Waals surface area contributed by atoms with Gasteiger partial charge in [0.05, 0.1) is 10.6 Å². The van der Waals surface area contributed by atoms with E-state index in [2.05, 4.69) is 29.0 Å². The third-order valence-corrected chi connectivity index (χ3v) is 3.35. The van der Waals surface area contributed by atoms with Crippen LogP contribution in [0.5, 0.6) is 0 Å². The number of thiophene rings is 1. The van der Waals surface area contributed by atoms with Crippen LogP contribution in [0.15, 0.2) is 18.3 Å². The van der Waals surface area contributed by atoms with Gasteiger partial charge in [-0.25, -0.2) is 0 Å². The third kappa shape index (κ3) is 1.73. The number of nitrogens with one attached hydrogen (secondary N) is 2. The Bertz CT molecular complexity index is 450. The van der Waals surface area contributed by atoms with Gasteiger partial charge in [0.2, 0.25) is 0 Å². The minimum absolute atomic E-state index is 0.682. The zero-order valence-electron chi connectivity index (χ0n) is 7.26. The van der Waals surface area contributed by atoms with Crippen molar-refractivity contribution in [2.75, 3.05) is 0 Å².